The minimum Gasteiger partial charge on any atom is -0.374 e. The molecule has 0 aromatic carbocycles. The summed E-state index contributed by atoms with van der Waals surface area (Å²) in [6, 6.07) is 4.82. The van der Waals surface area contributed by atoms with E-state index in [4.69, 9.17) is 4.74 Å². The predicted molar refractivity (Wildman–Crippen MR) is 77.2 cm³/mol. The van der Waals surface area contributed by atoms with E-state index in [2.05, 4.69) is 41.6 Å². The summed E-state index contributed by atoms with van der Waals surface area (Å²) >= 11 is 1.83. The Balaban J connectivity index is 1.79. The first kappa shape index (κ1) is 14.0. The van der Waals surface area contributed by atoms with E-state index < -0.39 is 0 Å². The van der Waals surface area contributed by atoms with Crippen molar-refractivity contribution >= 4 is 11.3 Å². The van der Waals surface area contributed by atoms with Gasteiger partial charge >= 0.3 is 0 Å². The van der Waals surface area contributed by atoms with Gasteiger partial charge in [0.1, 0.15) is 0 Å². The average molecular weight is 268 g/mol. The van der Waals surface area contributed by atoms with Crippen molar-refractivity contribution in [3.8, 4) is 0 Å². The lowest BCUT2D eigenvalue weighted by Gasteiger charge is -2.33. The van der Waals surface area contributed by atoms with Crippen molar-refractivity contribution in [2.24, 2.45) is 0 Å². The summed E-state index contributed by atoms with van der Waals surface area (Å²) in [6.45, 7) is 9.54. The van der Waals surface area contributed by atoms with Gasteiger partial charge in [-0.1, -0.05) is 19.9 Å². The smallest absolute Gasteiger partial charge is 0.0826 e. The van der Waals surface area contributed by atoms with Crippen molar-refractivity contribution in [1.29, 1.82) is 0 Å². The highest BCUT2D eigenvalue weighted by Gasteiger charge is 2.20. The summed E-state index contributed by atoms with van der Waals surface area (Å²) in [5.74, 6) is 0. The molecule has 1 aromatic heterocycles. The number of hydrogen-bond donors (Lipinski definition) is 1. The summed E-state index contributed by atoms with van der Waals surface area (Å²) in [5, 5.41) is 5.79. The first-order chi connectivity index (χ1) is 8.83. The lowest BCUT2D eigenvalue weighted by molar-refractivity contribution is -0.0264. The third kappa shape index (κ3) is 3.79. The highest BCUT2D eigenvalue weighted by molar-refractivity contribution is 7.10. The molecule has 4 heteroatoms. The molecule has 0 bridgehead atoms. The molecule has 3 nitrogen and oxygen atoms in total. The number of nitrogens with one attached hydrogen (secondary N) is 1. The Morgan fingerprint density at radius 1 is 1.56 bits per heavy atom. The zero-order valence-electron chi connectivity index (χ0n) is 11.4. The van der Waals surface area contributed by atoms with Gasteiger partial charge in [0.05, 0.1) is 12.7 Å². The molecule has 2 atom stereocenters. The SMILES string of the molecule is CCC(NCC1CN(CC)CCO1)c1cccs1. The van der Waals surface area contributed by atoms with Crippen LogP contribution in [0.4, 0.5) is 0 Å². The van der Waals surface area contributed by atoms with Crippen molar-refractivity contribution in [2.45, 2.75) is 32.4 Å². The van der Waals surface area contributed by atoms with Gasteiger partial charge in [0.2, 0.25) is 0 Å². The van der Waals surface area contributed by atoms with Crippen LogP contribution in [0.2, 0.25) is 0 Å². The zero-order chi connectivity index (χ0) is 12.8. The van der Waals surface area contributed by atoms with Crippen LogP contribution in [0, 0.1) is 0 Å². The molecule has 2 unspecified atom stereocenters. The summed E-state index contributed by atoms with van der Waals surface area (Å²) in [5.41, 5.74) is 0. The second-order valence-electron chi connectivity index (χ2n) is 4.77. The second-order valence-corrected chi connectivity index (χ2v) is 5.75. The molecule has 0 radical (unpaired) electrons. The first-order valence-electron chi connectivity index (χ1n) is 6.94. The van der Waals surface area contributed by atoms with Gasteiger partial charge in [-0.15, -0.1) is 11.3 Å². The number of thiophene rings is 1. The van der Waals surface area contributed by atoms with Gasteiger partial charge in [-0.2, -0.15) is 0 Å². The molecule has 1 N–H and O–H groups in total. The van der Waals surface area contributed by atoms with Gasteiger partial charge in [0.15, 0.2) is 0 Å². The van der Waals surface area contributed by atoms with Crippen LogP contribution in [0.3, 0.4) is 0 Å². The molecule has 1 aliphatic rings. The molecule has 1 saturated heterocycles. The molecule has 0 spiro atoms. The Labute approximate surface area is 114 Å². The molecule has 102 valence electrons. The fourth-order valence-corrected chi connectivity index (χ4v) is 3.29. The van der Waals surface area contributed by atoms with Crippen molar-refractivity contribution in [3.05, 3.63) is 22.4 Å². The molecule has 18 heavy (non-hydrogen) atoms. The molecule has 1 aliphatic heterocycles. The summed E-state index contributed by atoms with van der Waals surface area (Å²) in [7, 11) is 0. The molecular weight excluding hydrogens is 244 g/mol. The van der Waals surface area contributed by atoms with Crippen LogP contribution in [0.1, 0.15) is 31.2 Å². The molecule has 2 heterocycles. The first-order valence-corrected chi connectivity index (χ1v) is 7.82. The van der Waals surface area contributed by atoms with Gasteiger partial charge in [-0.25, -0.2) is 0 Å². The number of morpholine rings is 1. The molecule has 2 rings (SSSR count). The molecule has 0 aliphatic carbocycles. The molecule has 0 amide bonds. The normalized spacial score (nSPS) is 23.1. The summed E-state index contributed by atoms with van der Waals surface area (Å²) in [6.07, 6.45) is 1.47. The highest BCUT2D eigenvalue weighted by Crippen LogP contribution is 2.21. The maximum absolute atomic E-state index is 5.82. The Morgan fingerprint density at radius 3 is 3.11 bits per heavy atom. The van der Waals surface area contributed by atoms with Crippen molar-refractivity contribution in [1.82, 2.24) is 10.2 Å². The maximum atomic E-state index is 5.82. The highest BCUT2D eigenvalue weighted by atomic mass is 32.1. The number of rotatable bonds is 6. The predicted octanol–water partition coefficient (Wildman–Crippen LogP) is 2.51. The third-order valence-electron chi connectivity index (χ3n) is 3.56. The Kier molecular flexibility index (Phi) is 5.63. The van der Waals surface area contributed by atoms with Crippen LogP contribution in [-0.4, -0.2) is 43.8 Å². The van der Waals surface area contributed by atoms with E-state index >= 15 is 0 Å². The quantitative estimate of drug-likeness (QED) is 0.858. The van der Waals surface area contributed by atoms with E-state index in [1.54, 1.807) is 0 Å². The van der Waals surface area contributed by atoms with E-state index in [-0.39, 0.29) is 0 Å². The Bertz CT molecular complexity index is 329. The van der Waals surface area contributed by atoms with Gasteiger partial charge in [-0.05, 0) is 24.4 Å². The second kappa shape index (κ2) is 7.24. The monoisotopic (exact) mass is 268 g/mol. The minimum absolute atomic E-state index is 0.340. The molecule has 0 saturated carbocycles. The minimum atomic E-state index is 0.340. The number of likely N-dealkylation sites (N-methyl/N-ethyl adjacent to an activating group) is 1. The van der Waals surface area contributed by atoms with E-state index in [0.717, 1.165) is 39.2 Å². The van der Waals surface area contributed by atoms with E-state index in [9.17, 15) is 0 Å². The number of ether oxygens (including phenoxy) is 1. The van der Waals surface area contributed by atoms with Gasteiger partial charge in [-0.3, -0.25) is 4.90 Å². The summed E-state index contributed by atoms with van der Waals surface area (Å²) < 4.78 is 5.82. The lowest BCUT2D eigenvalue weighted by Crippen LogP contribution is -2.46. The van der Waals surface area contributed by atoms with Gasteiger partial charge in [0, 0.05) is 30.6 Å². The number of hydrogen-bond acceptors (Lipinski definition) is 4. The van der Waals surface area contributed by atoms with E-state index in [1.165, 1.54) is 4.88 Å². The fourth-order valence-electron chi connectivity index (χ4n) is 2.40. The largest absolute Gasteiger partial charge is 0.374 e. The van der Waals surface area contributed by atoms with Crippen LogP contribution in [0.25, 0.3) is 0 Å². The van der Waals surface area contributed by atoms with E-state index in [0.29, 0.717) is 12.1 Å². The Morgan fingerprint density at radius 2 is 2.44 bits per heavy atom. The van der Waals surface area contributed by atoms with Crippen molar-refractivity contribution in [2.75, 3.05) is 32.8 Å². The van der Waals surface area contributed by atoms with E-state index in [1.807, 2.05) is 11.3 Å². The van der Waals surface area contributed by atoms with Crippen molar-refractivity contribution in [3.63, 3.8) is 0 Å². The molecular formula is C14H24N2OS. The standard InChI is InChI=1S/C14H24N2OS/c1-3-13(14-6-5-9-18-14)15-10-12-11-16(4-2)7-8-17-12/h5-6,9,12-13,15H,3-4,7-8,10-11H2,1-2H3. The number of nitrogens with zero attached hydrogens (tertiary/aromatic N) is 1. The lowest BCUT2D eigenvalue weighted by atomic mass is 10.1. The zero-order valence-corrected chi connectivity index (χ0v) is 12.2. The molecule has 1 fully saturated rings. The van der Waals surface area contributed by atoms with Crippen LogP contribution in [0.5, 0.6) is 0 Å². The van der Waals surface area contributed by atoms with Crippen molar-refractivity contribution < 1.29 is 4.74 Å². The fraction of sp³-hybridized carbons (Fsp3) is 0.714. The van der Waals surface area contributed by atoms with Crippen LogP contribution in [0.15, 0.2) is 17.5 Å². The Hall–Kier alpha value is -0.420. The average Bonchev–Trinajstić information content (AvgIpc) is 2.94. The van der Waals surface area contributed by atoms with Crippen LogP contribution >= 0.6 is 11.3 Å². The van der Waals surface area contributed by atoms with Gasteiger partial charge in [0.25, 0.3) is 0 Å². The summed E-state index contributed by atoms with van der Waals surface area (Å²) in [4.78, 5) is 3.89. The van der Waals surface area contributed by atoms with Crippen LogP contribution < -0.4 is 5.32 Å². The maximum Gasteiger partial charge on any atom is 0.0826 e. The van der Waals surface area contributed by atoms with Gasteiger partial charge < -0.3 is 10.1 Å². The van der Waals surface area contributed by atoms with Crippen LogP contribution in [-0.2, 0) is 4.74 Å². The molecule has 1 aromatic rings. The topological polar surface area (TPSA) is 24.5 Å². The third-order valence-corrected chi connectivity index (χ3v) is 4.54.